The van der Waals surface area contributed by atoms with Crippen LogP contribution in [0.15, 0.2) is 12.1 Å². The third-order valence-corrected chi connectivity index (χ3v) is 4.79. The van der Waals surface area contributed by atoms with E-state index in [9.17, 15) is 18.0 Å². The molecule has 1 aliphatic rings. The molecule has 0 bridgehead atoms. The molecule has 2 rings (SSSR count). The molecule has 0 aromatic carbocycles. The monoisotopic (exact) mass is 357 g/mol. The largest absolute Gasteiger partial charge is 0.433 e. The molecule has 1 aromatic rings. The second-order valence-corrected chi connectivity index (χ2v) is 6.71. The van der Waals surface area contributed by atoms with Crippen LogP contribution in [0.1, 0.15) is 60.3 Å². The summed E-state index contributed by atoms with van der Waals surface area (Å²) in [4.78, 5) is 18.0. The van der Waals surface area contributed by atoms with Crippen LogP contribution in [-0.4, -0.2) is 42.0 Å². The Hall–Kier alpha value is -1.63. The molecular formula is C18H26F3N3O. The van der Waals surface area contributed by atoms with Gasteiger partial charge in [-0.15, -0.1) is 0 Å². The molecule has 1 N–H and O–H groups in total. The first-order valence-corrected chi connectivity index (χ1v) is 8.82. The first-order chi connectivity index (χ1) is 11.8. The fourth-order valence-corrected chi connectivity index (χ4v) is 3.29. The minimum Gasteiger partial charge on any atom is -0.352 e. The summed E-state index contributed by atoms with van der Waals surface area (Å²) in [6.45, 7) is 2.81. The smallest absolute Gasteiger partial charge is 0.352 e. The number of carbonyl (C=O) groups is 1. The summed E-state index contributed by atoms with van der Waals surface area (Å²) in [6, 6.07) is 2.67. The molecule has 1 amide bonds. The van der Waals surface area contributed by atoms with Crippen molar-refractivity contribution in [3.63, 3.8) is 0 Å². The molecular weight excluding hydrogens is 331 g/mol. The van der Waals surface area contributed by atoms with E-state index in [1.165, 1.54) is 45.1 Å². The van der Waals surface area contributed by atoms with Crippen LogP contribution in [0.25, 0.3) is 0 Å². The molecule has 4 nitrogen and oxygen atoms in total. The molecule has 7 heteroatoms. The number of hydrogen-bond donors (Lipinski definition) is 1. The summed E-state index contributed by atoms with van der Waals surface area (Å²) in [7, 11) is 2.11. The number of pyridine rings is 1. The Morgan fingerprint density at radius 3 is 2.56 bits per heavy atom. The van der Waals surface area contributed by atoms with Gasteiger partial charge in [-0.3, -0.25) is 4.79 Å². The highest BCUT2D eigenvalue weighted by molar-refractivity contribution is 5.95. The Bertz CT molecular complexity index is 583. The zero-order valence-electron chi connectivity index (χ0n) is 14.8. The van der Waals surface area contributed by atoms with E-state index >= 15 is 0 Å². The third-order valence-electron chi connectivity index (χ3n) is 4.79. The van der Waals surface area contributed by atoms with Crippen LogP contribution in [0.2, 0.25) is 0 Å². The number of carbonyl (C=O) groups excluding carboxylic acids is 1. The zero-order valence-corrected chi connectivity index (χ0v) is 14.8. The average Bonchev–Trinajstić information content (AvgIpc) is 2.58. The number of amides is 1. The average molecular weight is 357 g/mol. The van der Waals surface area contributed by atoms with Crippen LogP contribution in [0, 0.1) is 6.92 Å². The standard InChI is InChI=1S/C18H26F3N3O/c1-13-15(9-10-16(23-13)18(19,20)21)17(25)22-11-6-12-24(2)14-7-4-3-5-8-14/h9-10,14H,3-8,11-12H2,1-2H3,(H,22,25). The van der Waals surface area contributed by atoms with Crippen LogP contribution in [0.3, 0.4) is 0 Å². The lowest BCUT2D eigenvalue weighted by Crippen LogP contribution is -2.36. The molecule has 0 atom stereocenters. The summed E-state index contributed by atoms with van der Waals surface area (Å²) in [6.07, 6.45) is 2.67. The molecule has 1 aliphatic carbocycles. The number of nitrogens with one attached hydrogen (secondary N) is 1. The van der Waals surface area contributed by atoms with E-state index < -0.39 is 11.9 Å². The normalized spacial score (nSPS) is 16.2. The van der Waals surface area contributed by atoms with E-state index in [4.69, 9.17) is 0 Å². The number of hydrogen-bond acceptors (Lipinski definition) is 3. The molecule has 140 valence electrons. The molecule has 1 heterocycles. The van der Waals surface area contributed by atoms with Gasteiger partial charge in [-0.1, -0.05) is 19.3 Å². The van der Waals surface area contributed by atoms with E-state index in [0.29, 0.717) is 12.6 Å². The van der Waals surface area contributed by atoms with Gasteiger partial charge in [0, 0.05) is 12.6 Å². The minimum atomic E-state index is -4.50. The zero-order chi connectivity index (χ0) is 18.4. The Morgan fingerprint density at radius 2 is 1.96 bits per heavy atom. The van der Waals surface area contributed by atoms with Gasteiger partial charge in [0.1, 0.15) is 5.69 Å². The Labute approximate surface area is 146 Å². The van der Waals surface area contributed by atoms with Crippen molar-refractivity contribution in [2.24, 2.45) is 0 Å². The van der Waals surface area contributed by atoms with Crippen molar-refractivity contribution in [3.05, 3.63) is 29.1 Å². The maximum Gasteiger partial charge on any atom is 0.433 e. The molecule has 1 saturated carbocycles. The van der Waals surface area contributed by atoms with Crippen LogP contribution in [-0.2, 0) is 6.18 Å². The van der Waals surface area contributed by atoms with Crippen LogP contribution >= 0.6 is 0 Å². The van der Waals surface area contributed by atoms with Gasteiger partial charge < -0.3 is 10.2 Å². The van der Waals surface area contributed by atoms with Crippen LogP contribution in [0.4, 0.5) is 13.2 Å². The van der Waals surface area contributed by atoms with E-state index in [1.54, 1.807) is 0 Å². The topological polar surface area (TPSA) is 45.2 Å². The Kier molecular flexibility index (Phi) is 6.81. The van der Waals surface area contributed by atoms with Crippen molar-refractivity contribution < 1.29 is 18.0 Å². The van der Waals surface area contributed by atoms with Gasteiger partial charge in [0.15, 0.2) is 0 Å². The molecule has 1 aromatic heterocycles. The van der Waals surface area contributed by atoms with Gasteiger partial charge >= 0.3 is 6.18 Å². The van der Waals surface area contributed by atoms with E-state index in [0.717, 1.165) is 19.0 Å². The van der Waals surface area contributed by atoms with Crippen molar-refractivity contribution in [3.8, 4) is 0 Å². The highest BCUT2D eigenvalue weighted by Gasteiger charge is 2.33. The molecule has 1 fully saturated rings. The van der Waals surface area contributed by atoms with Gasteiger partial charge in [-0.25, -0.2) is 4.98 Å². The van der Waals surface area contributed by atoms with Gasteiger partial charge in [0.25, 0.3) is 5.91 Å². The minimum absolute atomic E-state index is 0.0895. The summed E-state index contributed by atoms with van der Waals surface area (Å²) in [5.74, 6) is -0.376. The van der Waals surface area contributed by atoms with Gasteiger partial charge in [0.2, 0.25) is 0 Å². The van der Waals surface area contributed by atoms with E-state index in [2.05, 4.69) is 22.2 Å². The predicted molar refractivity (Wildman–Crippen MR) is 90.4 cm³/mol. The maximum absolute atomic E-state index is 12.6. The SMILES string of the molecule is Cc1nc(C(F)(F)F)ccc1C(=O)NCCCN(C)C1CCCCC1. The molecule has 0 spiro atoms. The van der Waals surface area contributed by atoms with Gasteiger partial charge in [0.05, 0.1) is 11.3 Å². The van der Waals surface area contributed by atoms with Crippen LogP contribution < -0.4 is 5.32 Å². The van der Waals surface area contributed by atoms with Crippen molar-refractivity contribution in [2.75, 3.05) is 20.1 Å². The Morgan fingerprint density at radius 1 is 1.28 bits per heavy atom. The van der Waals surface area contributed by atoms with Gasteiger partial charge in [-0.2, -0.15) is 13.2 Å². The summed E-state index contributed by atoms with van der Waals surface area (Å²) < 4.78 is 37.8. The maximum atomic E-state index is 12.6. The number of aryl methyl sites for hydroxylation is 1. The lowest BCUT2D eigenvalue weighted by molar-refractivity contribution is -0.141. The second kappa shape index (κ2) is 8.65. The van der Waals surface area contributed by atoms with E-state index in [1.807, 2.05) is 0 Å². The lowest BCUT2D eigenvalue weighted by atomic mass is 9.94. The Balaban J connectivity index is 1.78. The number of aromatic nitrogens is 1. The lowest BCUT2D eigenvalue weighted by Gasteiger charge is -2.31. The quantitative estimate of drug-likeness (QED) is 0.788. The third kappa shape index (κ3) is 5.70. The summed E-state index contributed by atoms with van der Waals surface area (Å²) >= 11 is 0. The van der Waals surface area contributed by atoms with E-state index in [-0.39, 0.29) is 17.2 Å². The number of rotatable bonds is 6. The first kappa shape index (κ1) is 19.7. The summed E-state index contributed by atoms with van der Waals surface area (Å²) in [5.41, 5.74) is -0.698. The molecule has 0 aliphatic heterocycles. The van der Waals surface area contributed by atoms with Crippen LogP contribution in [0.5, 0.6) is 0 Å². The molecule has 25 heavy (non-hydrogen) atoms. The highest BCUT2D eigenvalue weighted by atomic mass is 19.4. The van der Waals surface area contributed by atoms with Crippen molar-refractivity contribution >= 4 is 5.91 Å². The fraction of sp³-hybridized carbons (Fsp3) is 0.667. The molecule has 0 unspecified atom stereocenters. The molecule has 0 saturated heterocycles. The highest BCUT2D eigenvalue weighted by Crippen LogP contribution is 2.28. The first-order valence-electron chi connectivity index (χ1n) is 8.82. The number of nitrogens with zero attached hydrogens (tertiary/aromatic N) is 2. The fourth-order valence-electron chi connectivity index (χ4n) is 3.29. The number of halogens is 3. The van der Waals surface area contributed by atoms with Crippen molar-refractivity contribution in [1.29, 1.82) is 0 Å². The predicted octanol–water partition coefficient (Wildman–Crippen LogP) is 3.79. The van der Waals surface area contributed by atoms with Gasteiger partial charge in [-0.05, 0) is 51.9 Å². The summed E-state index contributed by atoms with van der Waals surface area (Å²) in [5, 5.41) is 2.77. The van der Waals surface area contributed by atoms with Crippen molar-refractivity contribution in [2.45, 2.75) is 57.7 Å². The van der Waals surface area contributed by atoms with Crippen molar-refractivity contribution in [1.82, 2.24) is 15.2 Å². The molecule has 0 radical (unpaired) electrons. The second-order valence-electron chi connectivity index (χ2n) is 6.71. The number of alkyl halides is 3.